The molecule has 2 aliphatic rings. The fraction of sp³-hybridized carbons (Fsp3) is 0.240. The van der Waals surface area contributed by atoms with Gasteiger partial charge in [0.05, 0.1) is 12.6 Å². The highest BCUT2D eigenvalue weighted by Crippen LogP contribution is 2.35. The SMILES string of the molecule is OCC1c2ccccc2CCN1c1nc(-c2cccc(O)c2)nc(C2(O)C=CC=CC2)n1. The lowest BCUT2D eigenvalue weighted by Gasteiger charge is -2.37. The molecule has 7 heteroatoms. The van der Waals surface area contributed by atoms with E-state index in [1.54, 1.807) is 36.4 Å². The summed E-state index contributed by atoms with van der Waals surface area (Å²) in [5.74, 6) is 1.08. The molecule has 7 nitrogen and oxygen atoms in total. The fourth-order valence-electron chi connectivity index (χ4n) is 4.32. The summed E-state index contributed by atoms with van der Waals surface area (Å²) in [5, 5.41) is 31.5. The Bertz CT molecular complexity index is 1210. The van der Waals surface area contributed by atoms with Crippen molar-refractivity contribution in [3.05, 3.63) is 89.8 Å². The molecule has 0 amide bonds. The summed E-state index contributed by atoms with van der Waals surface area (Å²) in [6.45, 7) is 0.533. The van der Waals surface area contributed by atoms with Crippen LogP contribution in [0.3, 0.4) is 0 Å². The van der Waals surface area contributed by atoms with Gasteiger partial charge in [0.2, 0.25) is 5.95 Å². The molecule has 1 aliphatic heterocycles. The van der Waals surface area contributed by atoms with Crippen molar-refractivity contribution in [1.29, 1.82) is 0 Å². The van der Waals surface area contributed by atoms with Crippen molar-refractivity contribution in [2.24, 2.45) is 0 Å². The third kappa shape index (κ3) is 3.66. The normalized spacial score (nSPS) is 22.1. The van der Waals surface area contributed by atoms with E-state index in [0.29, 0.717) is 30.3 Å². The number of aromatic nitrogens is 3. The Labute approximate surface area is 186 Å². The molecule has 0 spiro atoms. The van der Waals surface area contributed by atoms with Crippen molar-refractivity contribution in [2.45, 2.75) is 24.5 Å². The van der Waals surface area contributed by atoms with Crippen LogP contribution in [0.4, 0.5) is 5.95 Å². The van der Waals surface area contributed by atoms with Gasteiger partial charge in [0.15, 0.2) is 11.6 Å². The second-order valence-electron chi connectivity index (χ2n) is 8.09. The van der Waals surface area contributed by atoms with Gasteiger partial charge in [0.1, 0.15) is 11.4 Å². The number of aromatic hydroxyl groups is 1. The first kappa shape index (κ1) is 20.4. The molecule has 2 atom stereocenters. The van der Waals surface area contributed by atoms with E-state index in [0.717, 1.165) is 12.0 Å². The summed E-state index contributed by atoms with van der Waals surface area (Å²) < 4.78 is 0. The maximum absolute atomic E-state index is 11.3. The van der Waals surface area contributed by atoms with Crippen LogP contribution in [0, 0.1) is 0 Å². The van der Waals surface area contributed by atoms with Gasteiger partial charge >= 0.3 is 0 Å². The third-order valence-corrected chi connectivity index (χ3v) is 6.01. The van der Waals surface area contributed by atoms with Crippen LogP contribution in [-0.2, 0) is 12.0 Å². The zero-order valence-corrected chi connectivity index (χ0v) is 17.5. The van der Waals surface area contributed by atoms with Crippen molar-refractivity contribution >= 4 is 5.95 Å². The van der Waals surface area contributed by atoms with E-state index in [9.17, 15) is 15.3 Å². The van der Waals surface area contributed by atoms with E-state index in [-0.39, 0.29) is 24.2 Å². The van der Waals surface area contributed by atoms with Crippen LogP contribution in [0.25, 0.3) is 11.4 Å². The molecular weight excluding hydrogens is 404 g/mol. The monoisotopic (exact) mass is 428 g/mol. The maximum atomic E-state index is 11.3. The summed E-state index contributed by atoms with van der Waals surface area (Å²) in [7, 11) is 0. The number of rotatable bonds is 4. The Hall–Kier alpha value is -3.55. The van der Waals surface area contributed by atoms with E-state index in [2.05, 4.69) is 16.0 Å². The second-order valence-corrected chi connectivity index (χ2v) is 8.09. The number of hydrogen-bond donors (Lipinski definition) is 3. The zero-order valence-electron chi connectivity index (χ0n) is 17.5. The molecule has 5 rings (SSSR count). The van der Waals surface area contributed by atoms with Gasteiger partial charge in [-0.25, -0.2) is 4.98 Å². The van der Waals surface area contributed by atoms with Gasteiger partial charge in [-0.05, 0) is 35.8 Å². The first-order chi connectivity index (χ1) is 15.6. The minimum absolute atomic E-state index is 0.0909. The highest BCUT2D eigenvalue weighted by molar-refractivity contribution is 5.59. The number of nitrogens with zero attached hydrogens (tertiary/aromatic N) is 4. The zero-order chi connectivity index (χ0) is 22.1. The third-order valence-electron chi connectivity index (χ3n) is 6.01. The van der Waals surface area contributed by atoms with Crippen LogP contribution in [0.15, 0.2) is 72.8 Å². The Morgan fingerprint density at radius 2 is 1.91 bits per heavy atom. The molecule has 2 heterocycles. The topological polar surface area (TPSA) is 103 Å². The van der Waals surface area contributed by atoms with E-state index in [1.807, 2.05) is 35.3 Å². The minimum atomic E-state index is -1.36. The van der Waals surface area contributed by atoms with E-state index in [1.165, 1.54) is 5.56 Å². The molecule has 0 fully saturated rings. The molecule has 3 N–H and O–H groups in total. The van der Waals surface area contributed by atoms with E-state index < -0.39 is 5.60 Å². The van der Waals surface area contributed by atoms with Gasteiger partial charge in [0.25, 0.3) is 0 Å². The molecule has 162 valence electrons. The largest absolute Gasteiger partial charge is 0.508 e. The van der Waals surface area contributed by atoms with Crippen LogP contribution in [0.2, 0.25) is 0 Å². The van der Waals surface area contributed by atoms with E-state index in [4.69, 9.17) is 4.98 Å². The quantitative estimate of drug-likeness (QED) is 0.587. The number of phenols is 1. The van der Waals surface area contributed by atoms with Gasteiger partial charge in [-0.15, -0.1) is 0 Å². The van der Waals surface area contributed by atoms with Crippen LogP contribution in [0.5, 0.6) is 5.75 Å². The van der Waals surface area contributed by atoms with Crippen molar-refractivity contribution in [3.63, 3.8) is 0 Å². The Kier molecular flexibility index (Phi) is 5.20. The Balaban J connectivity index is 1.65. The van der Waals surface area contributed by atoms with E-state index >= 15 is 0 Å². The smallest absolute Gasteiger partial charge is 0.229 e. The molecule has 1 aliphatic carbocycles. The van der Waals surface area contributed by atoms with Crippen LogP contribution < -0.4 is 4.90 Å². The van der Waals surface area contributed by atoms with Crippen LogP contribution in [-0.4, -0.2) is 43.4 Å². The standard InChI is InChI=1S/C25H24N4O3/c30-16-21-20-10-3-2-7-17(20)11-14-29(21)24-27-22(18-8-6-9-19(31)15-18)26-23(28-24)25(32)12-4-1-5-13-25/h1-10,12,15,21,30-32H,11,13-14,16H2. The summed E-state index contributed by atoms with van der Waals surface area (Å²) >= 11 is 0. The van der Waals surface area contributed by atoms with Gasteiger partial charge in [-0.1, -0.05) is 54.6 Å². The van der Waals surface area contributed by atoms with Gasteiger partial charge in [0, 0.05) is 18.5 Å². The van der Waals surface area contributed by atoms with Gasteiger partial charge in [-0.2, -0.15) is 9.97 Å². The van der Waals surface area contributed by atoms with Crippen molar-refractivity contribution in [3.8, 4) is 17.1 Å². The highest BCUT2D eigenvalue weighted by Gasteiger charge is 2.34. The molecule has 2 unspecified atom stereocenters. The molecule has 0 radical (unpaired) electrons. The number of benzene rings is 2. The van der Waals surface area contributed by atoms with Crippen molar-refractivity contribution < 1.29 is 15.3 Å². The predicted molar refractivity (Wildman–Crippen MR) is 121 cm³/mol. The predicted octanol–water partition coefficient (Wildman–Crippen LogP) is 3.04. The molecule has 2 aromatic carbocycles. The Morgan fingerprint density at radius 1 is 1.03 bits per heavy atom. The summed E-state index contributed by atoms with van der Waals surface area (Å²) in [5.41, 5.74) is 1.50. The number of aliphatic hydroxyl groups excluding tert-OH is 1. The minimum Gasteiger partial charge on any atom is -0.508 e. The number of anilines is 1. The fourth-order valence-corrected chi connectivity index (χ4v) is 4.32. The first-order valence-corrected chi connectivity index (χ1v) is 10.7. The molecular formula is C25H24N4O3. The van der Waals surface area contributed by atoms with Crippen molar-refractivity contribution in [1.82, 2.24) is 15.0 Å². The first-order valence-electron chi connectivity index (χ1n) is 10.7. The molecule has 0 saturated carbocycles. The molecule has 3 aromatic rings. The lowest BCUT2D eigenvalue weighted by molar-refractivity contribution is 0.0816. The molecule has 0 saturated heterocycles. The van der Waals surface area contributed by atoms with Gasteiger partial charge < -0.3 is 20.2 Å². The lowest BCUT2D eigenvalue weighted by Crippen LogP contribution is -2.39. The molecule has 32 heavy (non-hydrogen) atoms. The van der Waals surface area contributed by atoms with Gasteiger partial charge in [-0.3, -0.25) is 0 Å². The average Bonchev–Trinajstić information content (AvgIpc) is 2.83. The number of fused-ring (bicyclic) bond motifs is 1. The second kappa shape index (κ2) is 8.18. The van der Waals surface area contributed by atoms with Crippen LogP contribution in [0.1, 0.15) is 29.4 Å². The molecule has 0 bridgehead atoms. The average molecular weight is 428 g/mol. The summed E-state index contributed by atoms with van der Waals surface area (Å²) in [6, 6.07) is 14.4. The highest BCUT2D eigenvalue weighted by atomic mass is 16.3. The lowest BCUT2D eigenvalue weighted by atomic mass is 9.93. The number of hydrogen-bond acceptors (Lipinski definition) is 7. The number of allylic oxidation sites excluding steroid dienone is 2. The molecule has 1 aromatic heterocycles. The maximum Gasteiger partial charge on any atom is 0.229 e. The van der Waals surface area contributed by atoms with Crippen LogP contribution >= 0.6 is 0 Å². The van der Waals surface area contributed by atoms with Crippen molar-refractivity contribution in [2.75, 3.05) is 18.1 Å². The number of phenolic OH excluding ortho intramolecular Hbond substituents is 1. The number of aliphatic hydroxyl groups is 2. The summed E-state index contributed by atoms with van der Waals surface area (Å²) in [6.07, 6.45) is 8.32. The Morgan fingerprint density at radius 3 is 2.69 bits per heavy atom. The summed E-state index contributed by atoms with van der Waals surface area (Å²) in [4.78, 5) is 15.9.